The van der Waals surface area contributed by atoms with E-state index in [9.17, 15) is 9.59 Å². The Morgan fingerprint density at radius 2 is 1.67 bits per heavy atom. The number of carbonyl (C=O) groups excluding carboxylic acids is 2. The second kappa shape index (κ2) is 8.36. The van der Waals surface area contributed by atoms with Gasteiger partial charge in [0, 0.05) is 12.1 Å². The molecular formula is C22H22N2O3. The van der Waals surface area contributed by atoms with Gasteiger partial charge in [0.25, 0.3) is 5.91 Å². The summed E-state index contributed by atoms with van der Waals surface area (Å²) < 4.78 is 5.23. The number of rotatable bonds is 6. The number of nitrogens with one attached hydrogen (secondary N) is 2. The van der Waals surface area contributed by atoms with Crippen LogP contribution in [0.3, 0.4) is 0 Å². The first-order chi connectivity index (χ1) is 13.1. The molecule has 2 N–H and O–H groups in total. The largest absolute Gasteiger partial charge is 0.497 e. The van der Waals surface area contributed by atoms with Crippen LogP contribution in [-0.4, -0.2) is 25.5 Å². The van der Waals surface area contributed by atoms with Gasteiger partial charge in [-0.15, -0.1) is 0 Å². The molecule has 0 radical (unpaired) electrons. The molecule has 0 unspecified atom stereocenters. The highest BCUT2D eigenvalue weighted by molar-refractivity contribution is 5.97. The predicted molar refractivity (Wildman–Crippen MR) is 106 cm³/mol. The van der Waals surface area contributed by atoms with Gasteiger partial charge in [0.2, 0.25) is 5.91 Å². The fourth-order valence-electron chi connectivity index (χ4n) is 2.86. The number of ether oxygens (including phenoxy) is 1. The average Bonchev–Trinajstić information content (AvgIpc) is 2.70. The van der Waals surface area contributed by atoms with Crippen molar-refractivity contribution in [3.8, 4) is 5.75 Å². The van der Waals surface area contributed by atoms with Crippen LogP contribution in [-0.2, 0) is 11.3 Å². The van der Waals surface area contributed by atoms with Crippen molar-refractivity contribution in [2.45, 2.75) is 13.5 Å². The summed E-state index contributed by atoms with van der Waals surface area (Å²) in [7, 11) is 1.64. The minimum atomic E-state index is -0.247. The third-order valence-electron chi connectivity index (χ3n) is 4.40. The van der Waals surface area contributed by atoms with Crippen molar-refractivity contribution < 1.29 is 14.3 Å². The normalized spacial score (nSPS) is 10.4. The molecule has 0 aliphatic carbocycles. The molecule has 5 heteroatoms. The fraction of sp³-hybridized carbons (Fsp3) is 0.182. The number of aryl methyl sites for hydroxylation is 1. The van der Waals surface area contributed by atoms with Crippen LogP contribution >= 0.6 is 0 Å². The van der Waals surface area contributed by atoms with Crippen LogP contribution in [0.15, 0.2) is 60.7 Å². The Morgan fingerprint density at radius 1 is 0.926 bits per heavy atom. The number of carbonyl (C=O) groups is 2. The molecular weight excluding hydrogens is 340 g/mol. The van der Waals surface area contributed by atoms with E-state index in [-0.39, 0.29) is 18.4 Å². The summed E-state index contributed by atoms with van der Waals surface area (Å²) in [4.78, 5) is 24.2. The Bertz CT molecular complexity index is 982. The number of hydrogen-bond donors (Lipinski definition) is 2. The standard InChI is InChI=1S/C22H22N2O3/c1-15-5-3-4-6-20(15)22(26)24-14-21(25)23-13-16-7-8-18-12-19(27-2)10-9-17(18)11-16/h3-12H,13-14H2,1-2H3,(H,23,25)(H,24,26). The van der Waals surface area contributed by atoms with Gasteiger partial charge in [-0.1, -0.05) is 36.4 Å². The minimum absolute atomic E-state index is 0.0576. The number of fused-ring (bicyclic) bond motifs is 1. The molecule has 0 bridgehead atoms. The first kappa shape index (κ1) is 18.5. The Morgan fingerprint density at radius 3 is 2.44 bits per heavy atom. The average molecular weight is 362 g/mol. The second-order valence-corrected chi connectivity index (χ2v) is 6.32. The fourth-order valence-corrected chi connectivity index (χ4v) is 2.86. The lowest BCUT2D eigenvalue weighted by Gasteiger charge is -2.09. The van der Waals surface area contributed by atoms with Gasteiger partial charge in [-0.05, 0) is 53.1 Å². The molecule has 0 saturated carbocycles. The van der Waals surface area contributed by atoms with E-state index in [0.717, 1.165) is 27.6 Å². The van der Waals surface area contributed by atoms with Crippen LogP contribution < -0.4 is 15.4 Å². The molecule has 0 aliphatic heterocycles. The third-order valence-corrected chi connectivity index (χ3v) is 4.40. The molecule has 0 aromatic heterocycles. The molecule has 0 heterocycles. The summed E-state index contributed by atoms with van der Waals surface area (Å²) in [5, 5.41) is 7.64. The van der Waals surface area contributed by atoms with Crippen molar-refractivity contribution in [1.29, 1.82) is 0 Å². The summed E-state index contributed by atoms with van der Waals surface area (Å²) in [5.74, 6) is 0.336. The van der Waals surface area contributed by atoms with Crippen LogP contribution in [0.2, 0.25) is 0 Å². The number of methoxy groups -OCH3 is 1. The molecule has 138 valence electrons. The van der Waals surface area contributed by atoms with Crippen LogP contribution in [0.4, 0.5) is 0 Å². The number of hydrogen-bond acceptors (Lipinski definition) is 3. The van der Waals surface area contributed by atoms with E-state index in [2.05, 4.69) is 10.6 Å². The number of amides is 2. The quantitative estimate of drug-likeness (QED) is 0.708. The van der Waals surface area contributed by atoms with Crippen molar-refractivity contribution in [3.05, 3.63) is 77.4 Å². The lowest BCUT2D eigenvalue weighted by Crippen LogP contribution is -2.36. The van der Waals surface area contributed by atoms with Crippen molar-refractivity contribution in [2.75, 3.05) is 13.7 Å². The Labute approximate surface area is 158 Å². The van der Waals surface area contributed by atoms with Crippen molar-refractivity contribution in [2.24, 2.45) is 0 Å². The van der Waals surface area contributed by atoms with Gasteiger partial charge < -0.3 is 15.4 Å². The zero-order chi connectivity index (χ0) is 19.2. The summed E-state index contributed by atoms with van der Waals surface area (Å²) in [5.41, 5.74) is 2.45. The van der Waals surface area contributed by atoms with E-state index in [0.29, 0.717) is 12.1 Å². The van der Waals surface area contributed by atoms with Crippen LogP contribution in [0.1, 0.15) is 21.5 Å². The van der Waals surface area contributed by atoms with Crippen molar-refractivity contribution in [1.82, 2.24) is 10.6 Å². The van der Waals surface area contributed by atoms with Crippen LogP contribution in [0.25, 0.3) is 10.8 Å². The van der Waals surface area contributed by atoms with Crippen LogP contribution in [0.5, 0.6) is 5.75 Å². The summed E-state index contributed by atoms with van der Waals surface area (Å²) >= 11 is 0. The van der Waals surface area contributed by atoms with Gasteiger partial charge in [0.05, 0.1) is 13.7 Å². The van der Waals surface area contributed by atoms with E-state index < -0.39 is 0 Å². The van der Waals surface area contributed by atoms with Gasteiger partial charge in [-0.25, -0.2) is 0 Å². The molecule has 0 atom stereocenters. The highest BCUT2D eigenvalue weighted by Crippen LogP contribution is 2.21. The second-order valence-electron chi connectivity index (χ2n) is 6.32. The third kappa shape index (κ3) is 4.64. The van der Waals surface area contributed by atoms with E-state index >= 15 is 0 Å². The Kier molecular flexibility index (Phi) is 5.71. The summed E-state index contributed by atoms with van der Waals surface area (Å²) in [6.07, 6.45) is 0. The van der Waals surface area contributed by atoms with Gasteiger partial charge in [0.15, 0.2) is 0 Å². The molecule has 0 fully saturated rings. The van der Waals surface area contributed by atoms with E-state index in [4.69, 9.17) is 4.74 Å². The first-order valence-corrected chi connectivity index (χ1v) is 8.74. The lowest BCUT2D eigenvalue weighted by atomic mass is 10.1. The summed E-state index contributed by atoms with van der Waals surface area (Å²) in [6.45, 7) is 2.21. The zero-order valence-electron chi connectivity index (χ0n) is 15.4. The summed E-state index contributed by atoms with van der Waals surface area (Å²) in [6, 6.07) is 19.1. The van der Waals surface area contributed by atoms with Gasteiger partial charge in [-0.3, -0.25) is 9.59 Å². The van der Waals surface area contributed by atoms with Crippen molar-refractivity contribution in [3.63, 3.8) is 0 Å². The predicted octanol–water partition coefficient (Wildman–Crippen LogP) is 3.20. The lowest BCUT2D eigenvalue weighted by molar-refractivity contribution is -0.120. The molecule has 0 aliphatic rings. The van der Waals surface area contributed by atoms with Gasteiger partial charge >= 0.3 is 0 Å². The van der Waals surface area contributed by atoms with Gasteiger partial charge in [-0.2, -0.15) is 0 Å². The van der Waals surface area contributed by atoms with Crippen molar-refractivity contribution >= 4 is 22.6 Å². The number of benzene rings is 3. The molecule has 3 aromatic rings. The monoisotopic (exact) mass is 362 g/mol. The highest BCUT2D eigenvalue weighted by Gasteiger charge is 2.10. The zero-order valence-corrected chi connectivity index (χ0v) is 15.4. The van der Waals surface area contributed by atoms with E-state index in [1.165, 1.54) is 0 Å². The molecule has 0 spiro atoms. The highest BCUT2D eigenvalue weighted by atomic mass is 16.5. The maximum Gasteiger partial charge on any atom is 0.251 e. The first-order valence-electron chi connectivity index (χ1n) is 8.74. The molecule has 3 aromatic carbocycles. The molecule has 0 saturated heterocycles. The van der Waals surface area contributed by atoms with Crippen LogP contribution in [0, 0.1) is 6.92 Å². The SMILES string of the molecule is COc1ccc2cc(CNC(=O)CNC(=O)c3ccccc3C)ccc2c1. The van der Waals surface area contributed by atoms with Gasteiger partial charge in [0.1, 0.15) is 5.75 Å². The topological polar surface area (TPSA) is 67.4 Å². The Hall–Kier alpha value is -3.34. The minimum Gasteiger partial charge on any atom is -0.497 e. The molecule has 5 nitrogen and oxygen atoms in total. The van der Waals surface area contributed by atoms with E-state index in [1.807, 2.05) is 55.5 Å². The maximum atomic E-state index is 12.1. The smallest absolute Gasteiger partial charge is 0.251 e. The molecule has 3 rings (SSSR count). The molecule has 27 heavy (non-hydrogen) atoms. The van der Waals surface area contributed by atoms with E-state index in [1.54, 1.807) is 19.2 Å². The molecule has 2 amide bonds. The maximum absolute atomic E-state index is 12.1. The Balaban J connectivity index is 1.54.